The van der Waals surface area contributed by atoms with Crippen molar-refractivity contribution in [1.29, 1.82) is 0 Å². The van der Waals surface area contributed by atoms with Crippen LogP contribution >= 0.6 is 15.9 Å². The summed E-state index contributed by atoms with van der Waals surface area (Å²) in [6.45, 7) is 2.74. The smallest absolute Gasteiger partial charge is 0.278 e. The molecule has 2 aromatic carbocycles. The number of hydrogen-bond donors (Lipinski definition) is 0. The Balaban J connectivity index is 1.55. The van der Waals surface area contributed by atoms with Crippen LogP contribution in [0.1, 0.15) is 25.3 Å². The van der Waals surface area contributed by atoms with Gasteiger partial charge in [0.05, 0.1) is 12.3 Å². The van der Waals surface area contributed by atoms with Crippen LogP contribution < -0.4 is 9.64 Å². The van der Waals surface area contributed by atoms with Gasteiger partial charge < -0.3 is 9.57 Å². The summed E-state index contributed by atoms with van der Waals surface area (Å²) in [6, 6.07) is 14.4. The van der Waals surface area contributed by atoms with Gasteiger partial charge in [-0.3, -0.25) is 9.59 Å². The molecule has 0 radical (unpaired) electrons. The summed E-state index contributed by atoms with van der Waals surface area (Å²) in [6.07, 6.45) is 1.12. The van der Waals surface area contributed by atoms with Crippen molar-refractivity contribution in [3.05, 3.63) is 58.6 Å². The van der Waals surface area contributed by atoms with Gasteiger partial charge in [0.1, 0.15) is 17.4 Å². The van der Waals surface area contributed by atoms with Crippen LogP contribution in [0.2, 0.25) is 0 Å². The van der Waals surface area contributed by atoms with Gasteiger partial charge >= 0.3 is 0 Å². The number of unbranched alkanes of at least 4 members (excludes halogenated alkanes) is 1. The lowest BCUT2D eigenvalue weighted by atomic mass is 9.94. The van der Waals surface area contributed by atoms with Crippen LogP contribution in [-0.2, 0) is 14.4 Å². The van der Waals surface area contributed by atoms with Crippen LogP contribution in [-0.4, -0.2) is 30.2 Å². The number of rotatable bonds is 6. The number of amides is 2. The standard InChI is InChI=1S/C21H19BrN2O4/c1-2-3-12-27-16-10-8-15(9-11-16)24-20(25)17-18(23-28-19(17)21(24)26)13-4-6-14(22)7-5-13/h4-11,17,19H,2-3,12H2,1H3. The van der Waals surface area contributed by atoms with Gasteiger partial charge in [-0.2, -0.15) is 0 Å². The zero-order valence-corrected chi connectivity index (χ0v) is 16.9. The number of oxime groups is 1. The molecule has 0 spiro atoms. The van der Waals surface area contributed by atoms with Crippen molar-refractivity contribution in [3.63, 3.8) is 0 Å². The van der Waals surface area contributed by atoms with Crippen LogP contribution in [0, 0.1) is 5.92 Å². The fraction of sp³-hybridized carbons (Fsp3) is 0.286. The molecule has 2 aliphatic heterocycles. The molecule has 6 nitrogen and oxygen atoms in total. The topological polar surface area (TPSA) is 68.2 Å². The molecule has 0 saturated carbocycles. The second kappa shape index (κ2) is 7.75. The maximum absolute atomic E-state index is 13.0. The Morgan fingerprint density at radius 1 is 1.07 bits per heavy atom. The molecule has 1 saturated heterocycles. The molecule has 1 fully saturated rings. The number of nitrogens with zero attached hydrogens (tertiary/aromatic N) is 2. The predicted molar refractivity (Wildman–Crippen MR) is 108 cm³/mol. The van der Waals surface area contributed by atoms with E-state index in [1.54, 1.807) is 24.3 Å². The number of hydrogen-bond acceptors (Lipinski definition) is 5. The predicted octanol–water partition coefficient (Wildman–Crippen LogP) is 3.92. The highest BCUT2D eigenvalue weighted by Crippen LogP contribution is 2.35. The normalized spacial score (nSPS) is 20.8. The summed E-state index contributed by atoms with van der Waals surface area (Å²) in [4.78, 5) is 32.4. The van der Waals surface area contributed by atoms with Crippen molar-refractivity contribution < 1.29 is 19.2 Å². The third kappa shape index (κ3) is 3.30. The van der Waals surface area contributed by atoms with E-state index in [0.717, 1.165) is 22.9 Å². The lowest BCUT2D eigenvalue weighted by molar-refractivity contribution is -0.126. The monoisotopic (exact) mass is 442 g/mol. The fourth-order valence-corrected chi connectivity index (χ4v) is 3.58. The van der Waals surface area contributed by atoms with Crippen LogP contribution in [0.4, 0.5) is 5.69 Å². The summed E-state index contributed by atoms with van der Waals surface area (Å²) in [5, 5.41) is 4.02. The van der Waals surface area contributed by atoms with Crippen molar-refractivity contribution in [3.8, 4) is 5.75 Å². The van der Waals surface area contributed by atoms with Gasteiger partial charge in [0.15, 0.2) is 0 Å². The lowest BCUT2D eigenvalue weighted by Crippen LogP contribution is -2.33. The molecule has 2 aromatic rings. The van der Waals surface area contributed by atoms with Crippen molar-refractivity contribution in [2.75, 3.05) is 11.5 Å². The molecule has 4 rings (SSSR count). The van der Waals surface area contributed by atoms with E-state index >= 15 is 0 Å². The molecule has 7 heteroatoms. The second-order valence-electron chi connectivity index (χ2n) is 6.69. The van der Waals surface area contributed by atoms with Crippen LogP contribution in [0.3, 0.4) is 0 Å². The minimum absolute atomic E-state index is 0.325. The lowest BCUT2D eigenvalue weighted by Gasteiger charge is -2.16. The van der Waals surface area contributed by atoms with E-state index in [0.29, 0.717) is 23.8 Å². The molecule has 0 aliphatic carbocycles. The van der Waals surface area contributed by atoms with E-state index in [-0.39, 0.29) is 5.91 Å². The Labute approximate surface area is 171 Å². The molecule has 0 N–H and O–H groups in total. The molecule has 0 aromatic heterocycles. The number of imide groups is 1. The minimum Gasteiger partial charge on any atom is -0.494 e. The largest absolute Gasteiger partial charge is 0.494 e. The quantitative estimate of drug-likeness (QED) is 0.502. The number of fused-ring (bicyclic) bond motifs is 1. The average molecular weight is 443 g/mol. The first-order valence-electron chi connectivity index (χ1n) is 9.20. The van der Waals surface area contributed by atoms with Crippen molar-refractivity contribution >= 4 is 39.1 Å². The van der Waals surface area contributed by atoms with Crippen molar-refractivity contribution in [2.45, 2.75) is 25.9 Å². The Kier molecular flexibility index (Phi) is 5.17. The van der Waals surface area contributed by atoms with E-state index in [4.69, 9.17) is 9.57 Å². The van der Waals surface area contributed by atoms with Crippen molar-refractivity contribution in [2.24, 2.45) is 11.1 Å². The molecule has 144 valence electrons. The first kappa shape index (κ1) is 18.7. The summed E-state index contributed by atoms with van der Waals surface area (Å²) >= 11 is 3.39. The Morgan fingerprint density at radius 2 is 1.79 bits per heavy atom. The molecular formula is C21H19BrN2O4. The molecular weight excluding hydrogens is 424 g/mol. The Hall–Kier alpha value is -2.67. The first-order valence-corrected chi connectivity index (χ1v) is 9.99. The number of halogens is 1. The molecule has 2 aliphatic rings. The molecule has 2 heterocycles. The molecule has 2 atom stereocenters. The van der Waals surface area contributed by atoms with E-state index in [1.165, 1.54) is 4.90 Å². The fourth-order valence-electron chi connectivity index (χ4n) is 3.32. The number of anilines is 1. The third-order valence-electron chi connectivity index (χ3n) is 4.81. The Bertz CT molecular complexity index is 924. The first-order chi connectivity index (χ1) is 13.6. The number of carbonyl (C=O) groups is 2. The van der Waals surface area contributed by atoms with Crippen molar-refractivity contribution in [1.82, 2.24) is 0 Å². The third-order valence-corrected chi connectivity index (χ3v) is 5.34. The second-order valence-corrected chi connectivity index (χ2v) is 7.61. The number of benzene rings is 2. The molecule has 0 bridgehead atoms. The molecule has 28 heavy (non-hydrogen) atoms. The summed E-state index contributed by atoms with van der Waals surface area (Å²) in [7, 11) is 0. The van der Waals surface area contributed by atoms with Gasteiger partial charge in [-0.1, -0.05) is 46.6 Å². The summed E-state index contributed by atoms with van der Waals surface area (Å²) < 4.78 is 6.56. The van der Waals surface area contributed by atoms with Crippen LogP contribution in [0.5, 0.6) is 5.75 Å². The zero-order valence-electron chi connectivity index (χ0n) is 15.3. The maximum Gasteiger partial charge on any atom is 0.278 e. The highest BCUT2D eigenvalue weighted by atomic mass is 79.9. The van der Waals surface area contributed by atoms with E-state index in [9.17, 15) is 9.59 Å². The van der Waals surface area contributed by atoms with Gasteiger partial charge in [0.25, 0.3) is 5.91 Å². The van der Waals surface area contributed by atoms with Crippen LogP contribution in [0.15, 0.2) is 58.2 Å². The maximum atomic E-state index is 13.0. The SMILES string of the molecule is CCCCOc1ccc(N2C(=O)C3ON=C(c4ccc(Br)cc4)C3C2=O)cc1. The van der Waals surface area contributed by atoms with Gasteiger partial charge in [0.2, 0.25) is 12.0 Å². The average Bonchev–Trinajstić information content (AvgIpc) is 3.24. The number of ether oxygens (including phenoxy) is 1. The minimum atomic E-state index is -0.911. The zero-order chi connectivity index (χ0) is 19.7. The molecule has 2 unspecified atom stereocenters. The van der Waals surface area contributed by atoms with E-state index in [2.05, 4.69) is 28.0 Å². The van der Waals surface area contributed by atoms with Gasteiger partial charge in [-0.25, -0.2) is 4.90 Å². The van der Waals surface area contributed by atoms with Gasteiger partial charge in [-0.15, -0.1) is 0 Å². The summed E-state index contributed by atoms with van der Waals surface area (Å²) in [5.74, 6) is -0.738. The van der Waals surface area contributed by atoms with E-state index in [1.807, 2.05) is 24.3 Å². The molecule has 2 amide bonds. The Morgan fingerprint density at radius 3 is 2.46 bits per heavy atom. The van der Waals surface area contributed by atoms with Crippen LogP contribution in [0.25, 0.3) is 0 Å². The summed E-state index contributed by atoms with van der Waals surface area (Å²) in [5.41, 5.74) is 1.75. The van der Waals surface area contributed by atoms with Gasteiger partial charge in [0, 0.05) is 10.0 Å². The van der Waals surface area contributed by atoms with E-state index < -0.39 is 17.9 Å². The number of carbonyl (C=O) groups excluding carboxylic acids is 2. The highest BCUT2D eigenvalue weighted by molar-refractivity contribution is 9.10. The highest BCUT2D eigenvalue weighted by Gasteiger charge is 2.56. The van der Waals surface area contributed by atoms with Gasteiger partial charge in [-0.05, 0) is 42.8 Å².